The second kappa shape index (κ2) is 13.7. The zero-order chi connectivity index (χ0) is 20.7. The quantitative estimate of drug-likeness (QED) is 0.403. The van der Waals surface area contributed by atoms with Crippen molar-refractivity contribution in [1.29, 1.82) is 0 Å². The van der Waals surface area contributed by atoms with Crippen LogP contribution < -0.4 is 4.74 Å². The molecule has 0 aliphatic rings. The minimum Gasteiger partial charge on any atom is -0.494 e. The Morgan fingerprint density at radius 2 is 1.38 bits per heavy atom. The summed E-state index contributed by atoms with van der Waals surface area (Å²) in [6.07, 6.45) is 14.7. The number of ether oxygens (including phenoxy) is 1. The van der Waals surface area contributed by atoms with Crippen molar-refractivity contribution >= 4 is 5.97 Å². The number of aliphatic hydroxyl groups excluding tert-OH is 1. The topological polar surface area (TPSA) is 92.5 Å². The number of benzene rings is 1. The summed E-state index contributed by atoms with van der Waals surface area (Å²) in [5, 5.41) is 17.6. The summed E-state index contributed by atoms with van der Waals surface area (Å²) in [6.45, 7) is 1.04. The number of rotatable bonds is 15. The third-order valence-corrected chi connectivity index (χ3v) is 4.84. The number of aliphatic hydroxyl groups is 1. The molecule has 0 fully saturated rings. The van der Waals surface area contributed by atoms with E-state index in [0.29, 0.717) is 18.9 Å². The fraction of sp³-hybridized carbons (Fsp3) is 0.522. The number of unbranched alkanes of at least 4 members (excludes halogenated alkanes) is 9. The first-order valence-corrected chi connectivity index (χ1v) is 10.6. The number of hydrogen-bond acceptors (Lipinski definition) is 5. The SMILES string of the molecule is O=C(O)c1cnc(-c2ccc(OCCCCCCCCCCCCO)cc2)cn1. The van der Waals surface area contributed by atoms with Gasteiger partial charge in [0.15, 0.2) is 5.69 Å². The van der Waals surface area contributed by atoms with Crippen LogP contribution in [-0.2, 0) is 0 Å². The molecule has 0 saturated carbocycles. The predicted molar refractivity (Wildman–Crippen MR) is 113 cm³/mol. The Morgan fingerprint density at radius 3 is 1.90 bits per heavy atom. The van der Waals surface area contributed by atoms with Crippen LogP contribution in [0.5, 0.6) is 5.75 Å². The largest absolute Gasteiger partial charge is 0.494 e. The second-order valence-corrected chi connectivity index (χ2v) is 7.22. The van der Waals surface area contributed by atoms with Crippen molar-refractivity contribution in [3.63, 3.8) is 0 Å². The minimum atomic E-state index is -1.08. The maximum Gasteiger partial charge on any atom is 0.356 e. The molecule has 158 valence electrons. The third-order valence-electron chi connectivity index (χ3n) is 4.84. The zero-order valence-electron chi connectivity index (χ0n) is 17.1. The highest BCUT2D eigenvalue weighted by molar-refractivity contribution is 5.85. The lowest BCUT2D eigenvalue weighted by molar-refractivity contribution is 0.0690. The molecule has 0 aliphatic carbocycles. The van der Waals surface area contributed by atoms with Gasteiger partial charge in [-0.2, -0.15) is 0 Å². The highest BCUT2D eigenvalue weighted by Crippen LogP contribution is 2.20. The van der Waals surface area contributed by atoms with Crippen LogP contribution in [0.4, 0.5) is 0 Å². The molecule has 1 heterocycles. The lowest BCUT2D eigenvalue weighted by Crippen LogP contribution is -2.01. The lowest BCUT2D eigenvalue weighted by atomic mass is 10.1. The average Bonchev–Trinajstić information content (AvgIpc) is 2.75. The van der Waals surface area contributed by atoms with Gasteiger partial charge in [0, 0.05) is 12.2 Å². The van der Waals surface area contributed by atoms with Gasteiger partial charge in [-0.1, -0.05) is 51.4 Å². The summed E-state index contributed by atoms with van der Waals surface area (Å²) in [5.41, 5.74) is 1.44. The van der Waals surface area contributed by atoms with Gasteiger partial charge in [0.25, 0.3) is 0 Å². The second-order valence-electron chi connectivity index (χ2n) is 7.22. The smallest absolute Gasteiger partial charge is 0.356 e. The molecule has 0 spiro atoms. The van der Waals surface area contributed by atoms with Gasteiger partial charge < -0.3 is 14.9 Å². The fourth-order valence-corrected chi connectivity index (χ4v) is 3.13. The molecule has 2 N–H and O–H groups in total. The Balaban J connectivity index is 1.55. The summed E-state index contributed by atoms with van der Waals surface area (Å²) in [6, 6.07) is 7.61. The van der Waals surface area contributed by atoms with Gasteiger partial charge in [-0.15, -0.1) is 0 Å². The van der Waals surface area contributed by atoms with Crippen molar-refractivity contribution in [2.24, 2.45) is 0 Å². The molecule has 0 atom stereocenters. The molecule has 6 nitrogen and oxygen atoms in total. The van der Waals surface area contributed by atoms with Gasteiger partial charge in [0.05, 0.1) is 24.7 Å². The van der Waals surface area contributed by atoms with Crippen molar-refractivity contribution in [3.05, 3.63) is 42.4 Å². The summed E-state index contributed by atoms with van der Waals surface area (Å²) >= 11 is 0. The highest BCUT2D eigenvalue weighted by atomic mass is 16.5. The van der Waals surface area contributed by atoms with Gasteiger partial charge >= 0.3 is 5.97 Å². The molecular formula is C23H32N2O4. The Kier molecular flexibility index (Phi) is 10.7. The highest BCUT2D eigenvalue weighted by Gasteiger charge is 2.06. The van der Waals surface area contributed by atoms with Crippen LogP contribution in [0.15, 0.2) is 36.7 Å². The van der Waals surface area contributed by atoms with Crippen molar-refractivity contribution in [3.8, 4) is 17.0 Å². The Labute approximate surface area is 173 Å². The van der Waals surface area contributed by atoms with Crippen LogP contribution in [0.25, 0.3) is 11.3 Å². The van der Waals surface area contributed by atoms with Crippen LogP contribution >= 0.6 is 0 Å². The Bertz CT molecular complexity index is 702. The molecule has 2 aromatic rings. The summed E-state index contributed by atoms with van der Waals surface area (Å²) in [7, 11) is 0. The molecule has 29 heavy (non-hydrogen) atoms. The molecule has 0 bridgehead atoms. The Hall–Kier alpha value is -2.47. The maximum atomic E-state index is 10.8. The molecule has 0 amide bonds. The zero-order valence-corrected chi connectivity index (χ0v) is 17.1. The molecule has 2 rings (SSSR count). The van der Waals surface area contributed by atoms with Gasteiger partial charge in [-0.25, -0.2) is 9.78 Å². The van der Waals surface area contributed by atoms with Gasteiger partial charge in [0.1, 0.15) is 5.75 Å². The number of carboxylic acid groups (broad SMARTS) is 1. The predicted octanol–water partition coefficient (Wildman–Crippen LogP) is 5.11. The van der Waals surface area contributed by atoms with Crippen molar-refractivity contribution in [2.75, 3.05) is 13.2 Å². The summed E-state index contributed by atoms with van der Waals surface area (Å²) in [4.78, 5) is 18.9. The molecule has 1 aromatic heterocycles. The average molecular weight is 401 g/mol. The normalized spacial score (nSPS) is 10.8. The van der Waals surface area contributed by atoms with Crippen LogP contribution in [-0.4, -0.2) is 39.4 Å². The van der Waals surface area contributed by atoms with Gasteiger partial charge in [-0.3, -0.25) is 4.98 Å². The Morgan fingerprint density at radius 1 is 0.793 bits per heavy atom. The van der Waals surface area contributed by atoms with Crippen molar-refractivity contribution < 1.29 is 19.7 Å². The van der Waals surface area contributed by atoms with E-state index >= 15 is 0 Å². The standard InChI is InChI=1S/C23H32N2O4/c26-15-9-7-5-3-1-2-4-6-8-10-16-29-20-13-11-19(12-14-20)21-17-25-22(18-24-21)23(27)28/h11-14,17-18,26H,1-10,15-16H2,(H,27,28). The van der Waals surface area contributed by atoms with Crippen LogP contribution in [0.3, 0.4) is 0 Å². The lowest BCUT2D eigenvalue weighted by Gasteiger charge is -2.07. The number of hydrogen-bond donors (Lipinski definition) is 2. The van der Waals surface area contributed by atoms with E-state index in [1.807, 2.05) is 24.3 Å². The fourth-order valence-electron chi connectivity index (χ4n) is 3.13. The van der Waals surface area contributed by atoms with Crippen LogP contribution in [0, 0.1) is 0 Å². The first-order chi connectivity index (χ1) is 14.2. The minimum absolute atomic E-state index is 0.0632. The monoisotopic (exact) mass is 400 g/mol. The maximum absolute atomic E-state index is 10.8. The van der Waals surface area contributed by atoms with Gasteiger partial charge in [0.2, 0.25) is 0 Å². The molecule has 6 heteroatoms. The summed E-state index contributed by atoms with van der Waals surface area (Å²) < 4.78 is 5.80. The van der Waals surface area contributed by atoms with Gasteiger partial charge in [-0.05, 0) is 37.1 Å². The molecular weight excluding hydrogens is 368 g/mol. The molecule has 0 unspecified atom stereocenters. The van der Waals surface area contributed by atoms with Crippen LogP contribution in [0.1, 0.15) is 74.7 Å². The first-order valence-electron chi connectivity index (χ1n) is 10.6. The van der Waals surface area contributed by atoms with E-state index in [0.717, 1.165) is 30.6 Å². The van der Waals surface area contributed by atoms with E-state index < -0.39 is 5.97 Å². The first kappa shape index (κ1) is 22.8. The third kappa shape index (κ3) is 9.05. The number of carbonyl (C=O) groups is 1. The molecule has 0 saturated heterocycles. The molecule has 0 radical (unpaired) electrons. The van der Waals surface area contributed by atoms with Crippen LogP contribution in [0.2, 0.25) is 0 Å². The van der Waals surface area contributed by atoms with E-state index in [1.165, 1.54) is 57.3 Å². The van der Waals surface area contributed by atoms with Crippen molar-refractivity contribution in [1.82, 2.24) is 9.97 Å². The number of aromatic nitrogens is 2. The van der Waals surface area contributed by atoms with E-state index in [9.17, 15) is 4.79 Å². The molecule has 1 aromatic carbocycles. The van der Waals surface area contributed by atoms with Crippen molar-refractivity contribution in [2.45, 2.75) is 64.2 Å². The number of nitrogens with zero attached hydrogens (tertiary/aromatic N) is 2. The number of aromatic carboxylic acids is 1. The molecule has 0 aliphatic heterocycles. The summed E-state index contributed by atoms with van der Waals surface area (Å²) in [5.74, 6) is -0.256. The van der Waals surface area contributed by atoms with E-state index in [-0.39, 0.29) is 5.69 Å². The van der Waals surface area contributed by atoms with E-state index in [4.69, 9.17) is 14.9 Å². The van der Waals surface area contributed by atoms with E-state index in [2.05, 4.69) is 9.97 Å². The number of carboxylic acids is 1. The van der Waals surface area contributed by atoms with E-state index in [1.54, 1.807) is 0 Å².